The molecular weight excluding hydrogens is 460 g/mol. The molecule has 0 bridgehead atoms. The van der Waals surface area contributed by atoms with Crippen LogP contribution in [0, 0.1) is 0 Å². The Hall–Kier alpha value is -0.400. The first-order chi connectivity index (χ1) is 17.3. The number of hydrogen-bond donors (Lipinski definition) is 1. The fourth-order valence-corrected chi connectivity index (χ4v) is 2.52. The van der Waals surface area contributed by atoms with E-state index in [1.807, 2.05) is 0 Å². The van der Waals surface area contributed by atoms with Crippen LogP contribution in [-0.2, 0) is 42.6 Å². The number of aliphatic hydroxyl groups excluding tert-OH is 1. The van der Waals surface area contributed by atoms with Crippen LogP contribution >= 0.6 is 0 Å². The third kappa shape index (κ3) is 31.6. The maximum Gasteiger partial charge on any atom is 0.101 e. The van der Waals surface area contributed by atoms with Crippen LogP contribution in [0.3, 0.4) is 0 Å². The first-order valence-corrected chi connectivity index (χ1v) is 13.2. The van der Waals surface area contributed by atoms with Gasteiger partial charge >= 0.3 is 0 Å². The van der Waals surface area contributed by atoms with Gasteiger partial charge in [0.1, 0.15) is 6.10 Å². The number of unbranched alkanes of at least 4 members (excludes halogenated alkanes) is 2. The zero-order valence-electron chi connectivity index (χ0n) is 22.3. The van der Waals surface area contributed by atoms with Crippen LogP contribution in [-0.4, -0.2) is 130 Å². The second kappa shape index (κ2) is 31.6. The quantitative estimate of drug-likeness (QED) is 0.139. The molecule has 0 saturated carbocycles. The molecule has 0 rings (SSSR count). The minimum Gasteiger partial charge on any atom is -0.388 e. The Kier molecular flexibility index (Phi) is 31.3. The number of rotatable bonds is 31. The van der Waals surface area contributed by atoms with Gasteiger partial charge in [-0.3, -0.25) is 0 Å². The van der Waals surface area contributed by atoms with Crippen LogP contribution in [0.5, 0.6) is 0 Å². The minimum atomic E-state index is -0.675. The molecule has 0 spiro atoms. The van der Waals surface area contributed by atoms with E-state index in [1.54, 1.807) is 0 Å². The lowest BCUT2D eigenvalue weighted by atomic mass is 10.4. The highest BCUT2D eigenvalue weighted by Gasteiger charge is 2.04. The zero-order chi connectivity index (χ0) is 25.5. The van der Waals surface area contributed by atoms with Gasteiger partial charge in [-0.2, -0.15) is 0 Å². The third-order valence-corrected chi connectivity index (χ3v) is 4.51. The molecule has 35 heavy (non-hydrogen) atoms. The summed E-state index contributed by atoms with van der Waals surface area (Å²) in [6.07, 6.45) is 3.78. The summed E-state index contributed by atoms with van der Waals surface area (Å²) >= 11 is 0. The molecule has 10 nitrogen and oxygen atoms in total. The highest BCUT2D eigenvalue weighted by molar-refractivity contribution is 4.51. The second-order valence-electron chi connectivity index (χ2n) is 7.80. The second-order valence-corrected chi connectivity index (χ2v) is 7.80. The molecule has 0 saturated heterocycles. The highest BCUT2D eigenvalue weighted by Crippen LogP contribution is 1.91. The molecule has 0 aromatic carbocycles. The summed E-state index contributed by atoms with van der Waals surface area (Å²) in [4.78, 5) is 0. The van der Waals surface area contributed by atoms with E-state index < -0.39 is 6.10 Å². The van der Waals surface area contributed by atoms with Gasteiger partial charge in [-0.25, -0.2) is 0 Å². The van der Waals surface area contributed by atoms with E-state index in [4.69, 9.17) is 42.6 Å². The van der Waals surface area contributed by atoms with Gasteiger partial charge in [0.05, 0.1) is 106 Å². The van der Waals surface area contributed by atoms with Gasteiger partial charge in [0, 0.05) is 13.2 Å². The number of ether oxygens (including phenoxy) is 9. The average molecular weight is 513 g/mol. The van der Waals surface area contributed by atoms with Crippen molar-refractivity contribution in [2.75, 3.05) is 119 Å². The Bertz CT molecular complexity index is 376. The summed E-state index contributed by atoms with van der Waals surface area (Å²) in [5, 5.41) is 9.84. The van der Waals surface area contributed by atoms with Crippen molar-refractivity contribution in [1.29, 1.82) is 0 Å². The Morgan fingerprint density at radius 2 is 0.600 bits per heavy atom. The fraction of sp³-hybridized carbons (Fsp3) is 1.00. The molecule has 0 radical (unpaired) electrons. The third-order valence-electron chi connectivity index (χ3n) is 4.51. The summed E-state index contributed by atoms with van der Waals surface area (Å²) in [7, 11) is 0. The predicted octanol–water partition coefficient (Wildman–Crippen LogP) is 2.10. The van der Waals surface area contributed by atoms with Crippen molar-refractivity contribution in [3.05, 3.63) is 0 Å². The van der Waals surface area contributed by atoms with Crippen LogP contribution in [0.2, 0.25) is 0 Å². The molecule has 0 aliphatic heterocycles. The maximum atomic E-state index is 9.84. The largest absolute Gasteiger partial charge is 0.388 e. The van der Waals surface area contributed by atoms with Gasteiger partial charge in [-0.15, -0.1) is 0 Å². The normalized spacial score (nSPS) is 12.4. The SMILES string of the molecule is CCCCOCCOCCOCCOCCOC[C@H](O)COCCOCCOCCOCCCC. The van der Waals surface area contributed by atoms with E-state index in [1.165, 1.54) is 0 Å². The Balaban J connectivity index is 3.13. The standard InChI is InChI=1S/C25H52O10/c1-3-5-7-27-9-11-29-13-14-31-16-18-33-20-22-35-24-25(26)23-34-21-19-32-17-15-30-12-10-28-8-6-4-2/h25-26H,3-24H2,1-2H3/t25-/m1/s1. The van der Waals surface area contributed by atoms with Gasteiger partial charge < -0.3 is 47.7 Å². The van der Waals surface area contributed by atoms with E-state index in [0.717, 1.165) is 38.9 Å². The molecule has 1 N–H and O–H groups in total. The fourth-order valence-electron chi connectivity index (χ4n) is 2.52. The maximum absolute atomic E-state index is 9.84. The van der Waals surface area contributed by atoms with E-state index >= 15 is 0 Å². The van der Waals surface area contributed by atoms with E-state index in [2.05, 4.69) is 13.8 Å². The predicted molar refractivity (Wildman–Crippen MR) is 133 cm³/mol. The van der Waals surface area contributed by atoms with Crippen molar-refractivity contribution in [1.82, 2.24) is 0 Å². The minimum absolute atomic E-state index is 0.203. The molecule has 0 heterocycles. The molecular formula is C25H52O10. The molecule has 0 aliphatic rings. The van der Waals surface area contributed by atoms with Crippen molar-refractivity contribution in [2.45, 2.75) is 45.6 Å². The van der Waals surface area contributed by atoms with Gasteiger partial charge in [0.2, 0.25) is 0 Å². The van der Waals surface area contributed by atoms with E-state index in [0.29, 0.717) is 92.5 Å². The molecule has 0 aromatic rings. The Labute approximate surface area is 212 Å². The topological polar surface area (TPSA) is 103 Å². The van der Waals surface area contributed by atoms with Crippen LogP contribution in [0.25, 0.3) is 0 Å². The molecule has 0 aromatic heterocycles. The monoisotopic (exact) mass is 512 g/mol. The van der Waals surface area contributed by atoms with Crippen molar-refractivity contribution in [3.8, 4) is 0 Å². The summed E-state index contributed by atoms with van der Waals surface area (Å²) in [5.41, 5.74) is 0. The Morgan fingerprint density at radius 3 is 0.857 bits per heavy atom. The van der Waals surface area contributed by atoms with Crippen molar-refractivity contribution < 1.29 is 47.7 Å². The van der Waals surface area contributed by atoms with Gasteiger partial charge in [-0.05, 0) is 12.8 Å². The number of hydrogen-bond acceptors (Lipinski definition) is 10. The van der Waals surface area contributed by atoms with Gasteiger partial charge in [0.15, 0.2) is 0 Å². The molecule has 212 valence electrons. The van der Waals surface area contributed by atoms with E-state index in [-0.39, 0.29) is 13.2 Å². The average Bonchev–Trinajstić information content (AvgIpc) is 2.86. The van der Waals surface area contributed by atoms with Gasteiger partial charge in [-0.1, -0.05) is 26.7 Å². The zero-order valence-corrected chi connectivity index (χ0v) is 22.3. The molecule has 10 heteroatoms. The van der Waals surface area contributed by atoms with Crippen molar-refractivity contribution >= 4 is 0 Å². The highest BCUT2D eigenvalue weighted by atomic mass is 16.6. The van der Waals surface area contributed by atoms with Crippen LogP contribution in [0.4, 0.5) is 0 Å². The lowest BCUT2D eigenvalue weighted by Crippen LogP contribution is -2.24. The van der Waals surface area contributed by atoms with Crippen LogP contribution in [0.15, 0.2) is 0 Å². The van der Waals surface area contributed by atoms with Crippen LogP contribution < -0.4 is 0 Å². The summed E-state index contributed by atoms with van der Waals surface area (Å²) in [6, 6.07) is 0. The smallest absolute Gasteiger partial charge is 0.101 e. The van der Waals surface area contributed by atoms with Crippen LogP contribution in [0.1, 0.15) is 39.5 Å². The summed E-state index contributed by atoms with van der Waals surface area (Å²) < 4.78 is 48.6. The molecule has 0 amide bonds. The molecule has 1 atom stereocenters. The van der Waals surface area contributed by atoms with Crippen molar-refractivity contribution in [3.63, 3.8) is 0 Å². The first kappa shape index (κ1) is 34.6. The number of aliphatic hydroxyl groups is 1. The van der Waals surface area contributed by atoms with Crippen molar-refractivity contribution in [2.24, 2.45) is 0 Å². The lowest BCUT2D eigenvalue weighted by molar-refractivity contribution is -0.0491. The summed E-state index contributed by atoms with van der Waals surface area (Å²) in [6.45, 7) is 13.6. The first-order valence-electron chi connectivity index (χ1n) is 13.2. The summed E-state index contributed by atoms with van der Waals surface area (Å²) in [5.74, 6) is 0. The van der Waals surface area contributed by atoms with E-state index in [9.17, 15) is 5.11 Å². The molecule has 0 fully saturated rings. The Morgan fingerprint density at radius 1 is 0.371 bits per heavy atom. The van der Waals surface area contributed by atoms with Gasteiger partial charge in [0.25, 0.3) is 0 Å². The lowest BCUT2D eigenvalue weighted by Gasteiger charge is -2.12. The molecule has 0 unspecified atom stereocenters. The molecule has 0 aliphatic carbocycles.